The Bertz CT molecular complexity index is 664. The third-order valence-electron chi connectivity index (χ3n) is 2.75. The molecule has 0 aliphatic carbocycles. The number of anilines is 2. The number of carbonyl (C=O) groups is 1. The zero-order valence-corrected chi connectivity index (χ0v) is 13.4. The molecule has 0 spiro atoms. The molecular formula is C15H14FIN2O2. The van der Waals surface area contributed by atoms with Crippen LogP contribution in [0, 0.1) is 9.39 Å². The number of halogens is 2. The van der Waals surface area contributed by atoms with Gasteiger partial charge in [-0.1, -0.05) is 6.07 Å². The van der Waals surface area contributed by atoms with Gasteiger partial charge < -0.3 is 15.8 Å². The van der Waals surface area contributed by atoms with Crippen molar-refractivity contribution < 1.29 is 13.9 Å². The van der Waals surface area contributed by atoms with E-state index in [1.54, 1.807) is 13.0 Å². The number of rotatable bonds is 4. The average molecular weight is 400 g/mol. The van der Waals surface area contributed by atoms with Gasteiger partial charge in [-0.25, -0.2) is 4.39 Å². The number of hydrogen-bond acceptors (Lipinski definition) is 3. The minimum Gasteiger partial charge on any atom is -0.481 e. The molecule has 1 atom stereocenters. The number of benzene rings is 2. The van der Waals surface area contributed by atoms with Crippen LogP contribution in [-0.4, -0.2) is 12.0 Å². The Morgan fingerprint density at radius 2 is 2.10 bits per heavy atom. The van der Waals surface area contributed by atoms with Gasteiger partial charge in [-0.3, -0.25) is 4.79 Å². The second kappa shape index (κ2) is 6.75. The lowest BCUT2D eigenvalue weighted by atomic mass is 10.2. The third kappa shape index (κ3) is 4.32. The SMILES string of the molecule is CC(Oc1cccc(I)c1)C(=O)Nc1ccc(F)cc1N. The first-order chi connectivity index (χ1) is 9.95. The molecule has 2 aromatic carbocycles. The average Bonchev–Trinajstić information content (AvgIpc) is 2.41. The lowest BCUT2D eigenvalue weighted by Crippen LogP contribution is -2.30. The summed E-state index contributed by atoms with van der Waals surface area (Å²) in [5.74, 6) is -0.197. The lowest BCUT2D eigenvalue weighted by molar-refractivity contribution is -0.122. The van der Waals surface area contributed by atoms with Gasteiger partial charge in [-0.05, 0) is 65.9 Å². The van der Waals surface area contributed by atoms with E-state index in [-0.39, 0.29) is 11.6 Å². The fraction of sp³-hybridized carbons (Fsp3) is 0.133. The Morgan fingerprint density at radius 1 is 1.33 bits per heavy atom. The van der Waals surface area contributed by atoms with Gasteiger partial charge in [0.2, 0.25) is 0 Å². The molecule has 0 fully saturated rings. The van der Waals surface area contributed by atoms with E-state index in [0.29, 0.717) is 11.4 Å². The second-order valence-electron chi connectivity index (χ2n) is 4.44. The van der Waals surface area contributed by atoms with E-state index in [9.17, 15) is 9.18 Å². The Hall–Kier alpha value is -1.83. The molecule has 21 heavy (non-hydrogen) atoms. The summed E-state index contributed by atoms with van der Waals surface area (Å²) in [7, 11) is 0. The molecular weight excluding hydrogens is 386 g/mol. The van der Waals surface area contributed by atoms with E-state index < -0.39 is 11.9 Å². The number of hydrogen-bond donors (Lipinski definition) is 2. The first-order valence-corrected chi connectivity index (χ1v) is 7.31. The van der Waals surface area contributed by atoms with Gasteiger partial charge in [0, 0.05) is 3.57 Å². The molecule has 0 radical (unpaired) electrons. The summed E-state index contributed by atoms with van der Waals surface area (Å²) >= 11 is 2.16. The summed E-state index contributed by atoms with van der Waals surface area (Å²) in [4.78, 5) is 12.1. The van der Waals surface area contributed by atoms with Crippen molar-refractivity contribution in [3.05, 3.63) is 51.9 Å². The van der Waals surface area contributed by atoms with Crippen molar-refractivity contribution in [2.45, 2.75) is 13.0 Å². The molecule has 1 unspecified atom stereocenters. The highest BCUT2D eigenvalue weighted by Gasteiger charge is 2.16. The number of ether oxygens (including phenoxy) is 1. The Kier molecular flexibility index (Phi) is 5.00. The summed E-state index contributed by atoms with van der Waals surface area (Å²) in [6, 6.07) is 11.2. The molecule has 0 bridgehead atoms. The van der Waals surface area contributed by atoms with Crippen molar-refractivity contribution in [3.8, 4) is 5.75 Å². The topological polar surface area (TPSA) is 64.3 Å². The second-order valence-corrected chi connectivity index (χ2v) is 5.68. The van der Waals surface area contributed by atoms with E-state index in [2.05, 4.69) is 27.9 Å². The molecule has 0 saturated heterocycles. The first kappa shape index (κ1) is 15.6. The van der Waals surface area contributed by atoms with Crippen LogP contribution in [0.2, 0.25) is 0 Å². The highest BCUT2D eigenvalue weighted by molar-refractivity contribution is 14.1. The van der Waals surface area contributed by atoms with E-state index >= 15 is 0 Å². The van der Waals surface area contributed by atoms with Crippen molar-refractivity contribution in [2.75, 3.05) is 11.1 Å². The van der Waals surface area contributed by atoms with E-state index in [1.165, 1.54) is 12.1 Å². The van der Waals surface area contributed by atoms with Crippen LogP contribution in [0.15, 0.2) is 42.5 Å². The number of amides is 1. The van der Waals surface area contributed by atoms with Gasteiger partial charge in [0.05, 0.1) is 11.4 Å². The number of carbonyl (C=O) groups excluding carboxylic acids is 1. The maximum atomic E-state index is 13.0. The molecule has 0 aliphatic rings. The predicted molar refractivity (Wildman–Crippen MR) is 88.7 cm³/mol. The van der Waals surface area contributed by atoms with Gasteiger partial charge in [0.15, 0.2) is 6.10 Å². The largest absolute Gasteiger partial charge is 0.481 e. The van der Waals surface area contributed by atoms with Crippen LogP contribution in [0.1, 0.15) is 6.92 Å². The monoisotopic (exact) mass is 400 g/mol. The highest BCUT2D eigenvalue weighted by Crippen LogP contribution is 2.20. The van der Waals surface area contributed by atoms with Crippen LogP contribution < -0.4 is 15.8 Å². The maximum Gasteiger partial charge on any atom is 0.265 e. The van der Waals surface area contributed by atoms with Crippen LogP contribution >= 0.6 is 22.6 Å². The minimum atomic E-state index is -0.701. The molecule has 0 saturated carbocycles. The van der Waals surface area contributed by atoms with Crippen molar-refractivity contribution in [1.29, 1.82) is 0 Å². The first-order valence-electron chi connectivity index (χ1n) is 6.24. The number of nitrogens with one attached hydrogen (secondary N) is 1. The molecule has 2 rings (SSSR count). The summed E-state index contributed by atoms with van der Waals surface area (Å²) in [5.41, 5.74) is 6.18. The van der Waals surface area contributed by atoms with Crippen molar-refractivity contribution in [1.82, 2.24) is 0 Å². The fourth-order valence-corrected chi connectivity index (χ4v) is 2.19. The van der Waals surface area contributed by atoms with Gasteiger partial charge in [-0.15, -0.1) is 0 Å². The normalized spacial score (nSPS) is 11.8. The lowest BCUT2D eigenvalue weighted by Gasteiger charge is -2.15. The smallest absolute Gasteiger partial charge is 0.265 e. The van der Waals surface area contributed by atoms with E-state index in [1.807, 2.05) is 18.2 Å². The van der Waals surface area contributed by atoms with Crippen LogP contribution in [-0.2, 0) is 4.79 Å². The van der Waals surface area contributed by atoms with Gasteiger partial charge in [-0.2, -0.15) is 0 Å². The Balaban J connectivity index is 2.02. The Morgan fingerprint density at radius 3 is 2.76 bits per heavy atom. The zero-order valence-electron chi connectivity index (χ0n) is 11.3. The summed E-state index contributed by atoms with van der Waals surface area (Å²) < 4.78 is 19.5. The molecule has 0 aromatic heterocycles. The summed E-state index contributed by atoms with van der Waals surface area (Å²) in [5, 5.41) is 2.61. The van der Waals surface area contributed by atoms with Crippen molar-refractivity contribution in [2.24, 2.45) is 0 Å². The predicted octanol–water partition coefficient (Wildman–Crippen LogP) is 3.42. The highest BCUT2D eigenvalue weighted by atomic mass is 127. The molecule has 0 aliphatic heterocycles. The molecule has 3 N–H and O–H groups in total. The van der Waals surface area contributed by atoms with E-state index in [4.69, 9.17) is 10.5 Å². The minimum absolute atomic E-state index is 0.171. The quantitative estimate of drug-likeness (QED) is 0.611. The van der Waals surface area contributed by atoms with Gasteiger partial charge >= 0.3 is 0 Å². The standard InChI is InChI=1S/C15H14FIN2O2/c1-9(21-12-4-2-3-11(17)8-12)15(20)19-14-6-5-10(16)7-13(14)18/h2-9H,18H2,1H3,(H,19,20). The number of nitrogens with two attached hydrogens (primary N) is 1. The molecule has 6 heteroatoms. The molecule has 0 heterocycles. The molecule has 1 amide bonds. The third-order valence-corrected chi connectivity index (χ3v) is 3.42. The molecule has 2 aromatic rings. The van der Waals surface area contributed by atoms with Crippen LogP contribution in [0.25, 0.3) is 0 Å². The molecule has 110 valence electrons. The van der Waals surface area contributed by atoms with Crippen LogP contribution in [0.3, 0.4) is 0 Å². The van der Waals surface area contributed by atoms with Crippen molar-refractivity contribution >= 4 is 39.9 Å². The van der Waals surface area contributed by atoms with Gasteiger partial charge in [0.25, 0.3) is 5.91 Å². The van der Waals surface area contributed by atoms with Crippen LogP contribution in [0.5, 0.6) is 5.75 Å². The maximum absolute atomic E-state index is 13.0. The van der Waals surface area contributed by atoms with Gasteiger partial charge in [0.1, 0.15) is 11.6 Å². The summed E-state index contributed by atoms with van der Waals surface area (Å²) in [6.45, 7) is 1.63. The van der Waals surface area contributed by atoms with E-state index in [0.717, 1.165) is 9.64 Å². The summed E-state index contributed by atoms with van der Waals surface area (Å²) in [6.07, 6.45) is -0.701. The Labute approximate surface area is 135 Å². The molecule has 4 nitrogen and oxygen atoms in total. The fourth-order valence-electron chi connectivity index (χ4n) is 1.68. The number of nitrogen functional groups attached to an aromatic ring is 1. The van der Waals surface area contributed by atoms with Crippen LogP contribution in [0.4, 0.5) is 15.8 Å². The van der Waals surface area contributed by atoms with Crippen molar-refractivity contribution in [3.63, 3.8) is 0 Å². The zero-order chi connectivity index (χ0) is 15.4.